The Kier molecular flexibility index (Phi) is 4.72. The van der Waals surface area contributed by atoms with Crippen LogP contribution in [0.25, 0.3) is 16.8 Å². The third-order valence-corrected chi connectivity index (χ3v) is 5.33. The van der Waals surface area contributed by atoms with Crippen molar-refractivity contribution in [2.45, 2.75) is 10.9 Å². The van der Waals surface area contributed by atoms with Gasteiger partial charge >= 0.3 is 5.69 Å². The van der Waals surface area contributed by atoms with Gasteiger partial charge in [0.25, 0.3) is 0 Å². The Morgan fingerprint density at radius 3 is 2.69 bits per heavy atom. The minimum atomic E-state index is -0.332. The summed E-state index contributed by atoms with van der Waals surface area (Å²) < 4.78 is 1.27. The highest BCUT2D eigenvalue weighted by Gasteiger charge is 2.12. The number of hydrogen-bond donors (Lipinski definition) is 1. The molecule has 0 aliphatic carbocycles. The number of aromatic amines is 1. The minimum Gasteiger partial charge on any atom is -0.285 e. The van der Waals surface area contributed by atoms with E-state index < -0.39 is 0 Å². The third kappa shape index (κ3) is 3.35. The van der Waals surface area contributed by atoms with Crippen LogP contribution in [-0.4, -0.2) is 19.6 Å². The topological polar surface area (TPSA) is 63.0 Å². The Hall–Kier alpha value is -2.28. The molecule has 26 heavy (non-hydrogen) atoms. The van der Waals surface area contributed by atoms with E-state index in [-0.39, 0.29) is 5.69 Å². The number of nitrogens with zero attached hydrogens (tertiary/aromatic N) is 3. The summed E-state index contributed by atoms with van der Waals surface area (Å²) in [5.41, 5.74) is 2.87. The molecule has 4 rings (SSSR count). The molecule has 0 saturated heterocycles. The lowest BCUT2D eigenvalue weighted by molar-refractivity contribution is 0.786. The number of fused-ring (bicyclic) bond motifs is 1. The van der Waals surface area contributed by atoms with E-state index in [9.17, 15) is 4.79 Å². The summed E-state index contributed by atoms with van der Waals surface area (Å²) in [6.07, 6.45) is 1.65. The molecule has 0 radical (unpaired) electrons. The van der Waals surface area contributed by atoms with E-state index >= 15 is 0 Å². The van der Waals surface area contributed by atoms with Crippen molar-refractivity contribution in [3.8, 4) is 11.1 Å². The maximum atomic E-state index is 12.3. The first-order chi connectivity index (χ1) is 12.6. The molecule has 0 aliphatic heterocycles. The fourth-order valence-electron chi connectivity index (χ4n) is 2.54. The van der Waals surface area contributed by atoms with E-state index in [1.807, 2.05) is 36.4 Å². The van der Waals surface area contributed by atoms with Crippen LogP contribution in [0, 0.1) is 0 Å². The fourth-order valence-corrected chi connectivity index (χ4v) is 3.95. The van der Waals surface area contributed by atoms with Gasteiger partial charge < -0.3 is 0 Å². The molecule has 0 bridgehead atoms. The summed E-state index contributed by atoms with van der Waals surface area (Å²) in [4.78, 5) is 19.6. The average Bonchev–Trinajstić information content (AvgIpc) is 3.06. The fraction of sp³-hybridized carbons (Fsp3) is 0.0556. The third-order valence-electron chi connectivity index (χ3n) is 3.82. The zero-order chi connectivity index (χ0) is 18.1. The van der Waals surface area contributed by atoms with Crippen LogP contribution in [-0.2, 0) is 5.75 Å². The largest absolute Gasteiger partial charge is 0.350 e. The molecule has 0 fully saturated rings. The number of nitrogens with one attached hydrogen (secondary N) is 1. The summed E-state index contributed by atoms with van der Waals surface area (Å²) in [6, 6.07) is 15.1. The van der Waals surface area contributed by atoms with Crippen LogP contribution in [0.5, 0.6) is 0 Å². The van der Waals surface area contributed by atoms with Gasteiger partial charge in [-0.2, -0.15) is 9.61 Å². The van der Waals surface area contributed by atoms with Crippen LogP contribution in [0.2, 0.25) is 10.0 Å². The number of thioether (sulfide) groups is 1. The Bertz CT molecular complexity index is 1140. The average molecular weight is 403 g/mol. The molecule has 130 valence electrons. The highest BCUT2D eigenvalue weighted by atomic mass is 35.5. The maximum Gasteiger partial charge on any atom is 0.350 e. The SMILES string of the molecule is O=c1[nH]c(SCc2ccc(Cl)cc2Cl)nc2c(-c3ccccc3)cnn12. The van der Waals surface area contributed by atoms with Crippen molar-refractivity contribution in [3.63, 3.8) is 0 Å². The van der Waals surface area contributed by atoms with E-state index in [4.69, 9.17) is 23.2 Å². The first-order valence-electron chi connectivity index (χ1n) is 7.72. The lowest BCUT2D eigenvalue weighted by atomic mass is 10.1. The summed E-state index contributed by atoms with van der Waals surface area (Å²) in [7, 11) is 0. The molecule has 2 aromatic heterocycles. The van der Waals surface area contributed by atoms with Crippen molar-refractivity contribution in [1.82, 2.24) is 19.6 Å². The van der Waals surface area contributed by atoms with Crippen molar-refractivity contribution < 1.29 is 0 Å². The summed E-state index contributed by atoms with van der Waals surface area (Å²) in [5, 5.41) is 5.82. The lowest BCUT2D eigenvalue weighted by Gasteiger charge is -2.05. The number of aromatic nitrogens is 4. The number of H-pyrrole nitrogens is 1. The van der Waals surface area contributed by atoms with E-state index in [0.717, 1.165) is 16.7 Å². The van der Waals surface area contributed by atoms with Gasteiger partial charge in [0.1, 0.15) is 0 Å². The van der Waals surface area contributed by atoms with Crippen molar-refractivity contribution >= 4 is 40.6 Å². The smallest absolute Gasteiger partial charge is 0.285 e. The number of benzene rings is 2. The van der Waals surface area contributed by atoms with Crippen LogP contribution in [0.1, 0.15) is 5.56 Å². The molecular formula is C18H12Cl2N4OS. The summed E-state index contributed by atoms with van der Waals surface area (Å²) in [6.45, 7) is 0. The molecule has 5 nitrogen and oxygen atoms in total. The van der Waals surface area contributed by atoms with Crippen LogP contribution in [0.15, 0.2) is 64.7 Å². The standard InChI is InChI=1S/C18H12Cl2N4OS/c19-13-7-6-12(15(20)8-13)10-26-17-22-16-14(11-4-2-1-3-5-11)9-21-24(16)18(25)23-17/h1-9H,10H2,(H,22,23,25). The number of halogens is 2. The lowest BCUT2D eigenvalue weighted by Crippen LogP contribution is -2.19. The van der Waals surface area contributed by atoms with Crippen molar-refractivity contribution in [1.29, 1.82) is 0 Å². The molecule has 0 unspecified atom stereocenters. The normalized spacial score (nSPS) is 11.2. The van der Waals surface area contributed by atoms with E-state index in [0.29, 0.717) is 26.6 Å². The van der Waals surface area contributed by atoms with Gasteiger partial charge in [-0.15, -0.1) is 0 Å². The predicted molar refractivity (Wildman–Crippen MR) is 105 cm³/mol. The second-order valence-corrected chi connectivity index (χ2v) is 7.34. The Morgan fingerprint density at radius 2 is 1.92 bits per heavy atom. The number of rotatable bonds is 4. The Balaban J connectivity index is 1.69. The highest BCUT2D eigenvalue weighted by molar-refractivity contribution is 7.98. The molecule has 0 amide bonds. The van der Waals surface area contributed by atoms with E-state index in [1.165, 1.54) is 16.3 Å². The molecular weight excluding hydrogens is 391 g/mol. The molecule has 0 saturated carbocycles. The van der Waals surface area contributed by atoms with Crippen molar-refractivity contribution in [3.05, 3.63) is 80.8 Å². The van der Waals surface area contributed by atoms with Crippen molar-refractivity contribution in [2.75, 3.05) is 0 Å². The first-order valence-corrected chi connectivity index (χ1v) is 9.46. The van der Waals surface area contributed by atoms with Gasteiger partial charge in [0.15, 0.2) is 10.8 Å². The zero-order valence-electron chi connectivity index (χ0n) is 13.3. The zero-order valence-corrected chi connectivity index (χ0v) is 15.6. The molecule has 2 aromatic carbocycles. The van der Waals surface area contributed by atoms with Crippen molar-refractivity contribution in [2.24, 2.45) is 0 Å². The predicted octanol–water partition coefficient (Wildman–Crippen LogP) is 4.68. The van der Waals surface area contributed by atoms with Crippen LogP contribution >= 0.6 is 35.0 Å². The van der Waals surface area contributed by atoms with Gasteiger partial charge in [0.2, 0.25) is 0 Å². The molecule has 4 aromatic rings. The van der Waals surface area contributed by atoms with Gasteiger partial charge in [0.05, 0.1) is 6.20 Å². The first kappa shape index (κ1) is 17.1. The van der Waals surface area contributed by atoms with Gasteiger partial charge in [0, 0.05) is 21.4 Å². The van der Waals surface area contributed by atoms with Gasteiger partial charge in [-0.05, 0) is 23.3 Å². The second-order valence-electron chi connectivity index (χ2n) is 5.53. The van der Waals surface area contributed by atoms with Crippen LogP contribution in [0.4, 0.5) is 0 Å². The maximum absolute atomic E-state index is 12.3. The molecule has 0 aliphatic rings. The van der Waals surface area contributed by atoms with E-state index in [2.05, 4.69) is 15.1 Å². The molecule has 0 atom stereocenters. The quantitative estimate of drug-likeness (QED) is 0.503. The minimum absolute atomic E-state index is 0.332. The Labute approximate surface area is 163 Å². The van der Waals surface area contributed by atoms with Gasteiger partial charge in [-0.3, -0.25) is 4.98 Å². The van der Waals surface area contributed by atoms with Gasteiger partial charge in [-0.25, -0.2) is 9.78 Å². The van der Waals surface area contributed by atoms with Crippen LogP contribution < -0.4 is 5.69 Å². The second kappa shape index (κ2) is 7.15. The monoisotopic (exact) mass is 402 g/mol. The summed E-state index contributed by atoms with van der Waals surface area (Å²) >= 11 is 13.5. The summed E-state index contributed by atoms with van der Waals surface area (Å²) in [5.74, 6) is 0.559. The molecule has 1 N–H and O–H groups in total. The molecule has 2 heterocycles. The molecule has 8 heteroatoms. The molecule has 0 spiro atoms. The highest BCUT2D eigenvalue weighted by Crippen LogP contribution is 2.28. The Morgan fingerprint density at radius 1 is 1.12 bits per heavy atom. The van der Waals surface area contributed by atoms with Crippen LogP contribution in [0.3, 0.4) is 0 Å². The number of hydrogen-bond acceptors (Lipinski definition) is 4. The van der Waals surface area contributed by atoms with Gasteiger partial charge in [-0.1, -0.05) is 71.4 Å². The van der Waals surface area contributed by atoms with E-state index in [1.54, 1.807) is 18.3 Å².